The average molecular weight is 396 g/mol. The van der Waals surface area contributed by atoms with E-state index in [0.717, 1.165) is 0 Å². The van der Waals surface area contributed by atoms with Crippen molar-refractivity contribution in [3.63, 3.8) is 0 Å². The summed E-state index contributed by atoms with van der Waals surface area (Å²) in [5.74, 6) is -0.411. The number of hydrogen-bond acceptors (Lipinski definition) is 4. The van der Waals surface area contributed by atoms with E-state index in [4.69, 9.17) is 10.5 Å². The molecule has 1 amide bonds. The van der Waals surface area contributed by atoms with Crippen LogP contribution in [0.1, 0.15) is 51.0 Å². The highest BCUT2D eigenvalue weighted by Gasteiger charge is 2.05. The molecule has 160 valence electrons. The zero-order valence-electron chi connectivity index (χ0n) is 17.9. The molecule has 2 heterocycles. The van der Waals surface area contributed by atoms with Gasteiger partial charge in [0.1, 0.15) is 11.6 Å². The molecule has 0 bridgehead atoms. The standard InChI is InChI=1S/C9H10FNO2.C7H15N.C6H13N/c1-6-4-7(2-3-8(6)10)13-5-9(11)12;1-2-8-6-4-3-5-7-8;1-7-5-3-2-4-6-7/h2-4H,5H2,1H3,(H2,11,12);2-7H2,1H3;2-6H2,1H3. The number of nitrogens with zero attached hydrogens (tertiary/aromatic N) is 2. The molecule has 6 heteroatoms. The van der Waals surface area contributed by atoms with Crippen LogP contribution in [-0.4, -0.2) is 62.1 Å². The highest BCUT2D eigenvalue weighted by atomic mass is 19.1. The summed E-state index contributed by atoms with van der Waals surface area (Å²) in [6, 6.07) is 4.25. The molecule has 1 aromatic carbocycles. The van der Waals surface area contributed by atoms with Gasteiger partial charge < -0.3 is 20.3 Å². The first-order valence-electron chi connectivity index (χ1n) is 10.5. The van der Waals surface area contributed by atoms with Gasteiger partial charge in [-0.3, -0.25) is 4.79 Å². The molecule has 0 unspecified atom stereocenters. The van der Waals surface area contributed by atoms with E-state index >= 15 is 0 Å². The minimum absolute atomic E-state index is 0.189. The quantitative estimate of drug-likeness (QED) is 0.846. The maximum absolute atomic E-state index is 12.8. The van der Waals surface area contributed by atoms with Gasteiger partial charge in [-0.2, -0.15) is 0 Å². The second-order valence-electron chi connectivity index (χ2n) is 7.52. The van der Waals surface area contributed by atoms with Gasteiger partial charge in [-0.15, -0.1) is 0 Å². The van der Waals surface area contributed by atoms with E-state index in [0.29, 0.717) is 11.3 Å². The second-order valence-corrected chi connectivity index (χ2v) is 7.52. The molecule has 2 aliphatic rings. The topological polar surface area (TPSA) is 58.8 Å². The number of nitrogens with two attached hydrogens (primary N) is 1. The molecule has 0 spiro atoms. The molecule has 28 heavy (non-hydrogen) atoms. The molecule has 0 aliphatic carbocycles. The number of primary amides is 1. The van der Waals surface area contributed by atoms with Crippen LogP contribution in [0.5, 0.6) is 5.75 Å². The van der Waals surface area contributed by atoms with Crippen molar-refractivity contribution in [1.29, 1.82) is 0 Å². The molecule has 2 aliphatic heterocycles. The summed E-state index contributed by atoms with van der Waals surface area (Å²) < 4.78 is 17.7. The van der Waals surface area contributed by atoms with E-state index in [1.807, 2.05) is 0 Å². The van der Waals surface area contributed by atoms with Crippen LogP contribution in [0.2, 0.25) is 0 Å². The number of carbonyl (C=O) groups excluding carboxylic acids is 1. The first-order chi connectivity index (χ1) is 13.4. The summed E-state index contributed by atoms with van der Waals surface area (Å²) >= 11 is 0. The molecular formula is C22H38FN3O2. The molecule has 3 rings (SSSR count). The van der Waals surface area contributed by atoms with Gasteiger partial charge in [0, 0.05) is 0 Å². The van der Waals surface area contributed by atoms with E-state index in [1.165, 1.54) is 89.4 Å². The predicted octanol–water partition coefficient (Wildman–Crippen LogP) is 3.59. The zero-order chi connectivity index (χ0) is 20.8. The predicted molar refractivity (Wildman–Crippen MR) is 113 cm³/mol. The third-order valence-electron chi connectivity index (χ3n) is 4.99. The van der Waals surface area contributed by atoms with Crippen molar-refractivity contribution < 1.29 is 13.9 Å². The summed E-state index contributed by atoms with van der Waals surface area (Å²) in [5.41, 5.74) is 5.34. The Kier molecular flexibility index (Phi) is 12.5. The van der Waals surface area contributed by atoms with E-state index in [2.05, 4.69) is 23.8 Å². The molecule has 0 atom stereocenters. The van der Waals surface area contributed by atoms with Crippen LogP contribution in [0, 0.1) is 12.7 Å². The number of likely N-dealkylation sites (tertiary alicyclic amines) is 2. The monoisotopic (exact) mass is 395 g/mol. The number of hydrogen-bond donors (Lipinski definition) is 1. The largest absolute Gasteiger partial charge is 0.484 e. The Labute approximate surface area is 170 Å². The Morgan fingerprint density at radius 2 is 1.64 bits per heavy atom. The lowest BCUT2D eigenvalue weighted by atomic mass is 10.1. The van der Waals surface area contributed by atoms with E-state index < -0.39 is 5.91 Å². The Morgan fingerprint density at radius 3 is 2.04 bits per heavy atom. The minimum atomic E-state index is -0.554. The van der Waals surface area contributed by atoms with Gasteiger partial charge in [-0.1, -0.05) is 19.8 Å². The normalized spacial score (nSPS) is 17.6. The van der Waals surface area contributed by atoms with Crippen molar-refractivity contribution in [2.75, 3.05) is 46.4 Å². The van der Waals surface area contributed by atoms with Gasteiger partial charge in [0.2, 0.25) is 0 Å². The number of aryl methyl sites for hydroxylation is 1. The van der Waals surface area contributed by atoms with Crippen LogP contribution in [0.4, 0.5) is 4.39 Å². The summed E-state index contributed by atoms with van der Waals surface area (Å²) in [6.07, 6.45) is 8.58. The van der Waals surface area contributed by atoms with Gasteiger partial charge in [-0.05, 0) is 96.1 Å². The number of benzene rings is 1. The zero-order valence-corrected chi connectivity index (χ0v) is 17.9. The van der Waals surface area contributed by atoms with Crippen molar-refractivity contribution in [3.05, 3.63) is 29.6 Å². The van der Waals surface area contributed by atoms with Gasteiger partial charge in [-0.25, -0.2) is 4.39 Å². The summed E-state index contributed by atoms with van der Waals surface area (Å²) in [7, 11) is 2.19. The summed E-state index contributed by atoms with van der Waals surface area (Å²) in [4.78, 5) is 15.3. The maximum atomic E-state index is 12.8. The lowest BCUT2D eigenvalue weighted by Crippen LogP contribution is -2.29. The molecule has 2 saturated heterocycles. The highest BCUT2D eigenvalue weighted by Crippen LogP contribution is 2.15. The van der Waals surface area contributed by atoms with Crippen molar-refractivity contribution in [1.82, 2.24) is 9.80 Å². The molecule has 1 aromatic rings. The first-order valence-corrected chi connectivity index (χ1v) is 10.5. The van der Waals surface area contributed by atoms with Gasteiger partial charge >= 0.3 is 0 Å². The van der Waals surface area contributed by atoms with Crippen LogP contribution >= 0.6 is 0 Å². The fourth-order valence-corrected chi connectivity index (χ4v) is 3.19. The smallest absolute Gasteiger partial charge is 0.255 e. The van der Waals surface area contributed by atoms with Crippen LogP contribution in [-0.2, 0) is 4.79 Å². The molecule has 2 fully saturated rings. The first kappa shape index (κ1) is 24.4. The molecule has 0 radical (unpaired) electrons. The SMILES string of the molecule is CCN1CCCCC1.CN1CCCCC1.Cc1cc(OCC(N)=O)ccc1F. The second kappa shape index (κ2) is 14.4. The number of amides is 1. The summed E-state index contributed by atoms with van der Waals surface area (Å²) in [6.45, 7) is 10.2. The molecular weight excluding hydrogens is 357 g/mol. The van der Waals surface area contributed by atoms with Crippen molar-refractivity contribution in [2.45, 2.75) is 52.4 Å². The van der Waals surface area contributed by atoms with E-state index in [9.17, 15) is 9.18 Å². The number of carbonyl (C=O) groups is 1. The van der Waals surface area contributed by atoms with Crippen molar-refractivity contribution in [2.24, 2.45) is 5.73 Å². The third kappa shape index (κ3) is 11.2. The van der Waals surface area contributed by atoms with E-state index in [-0.39, 0.29) is 12.4 Å². The third-order valence-corrected chi connectivity index (χ3v) is 4.99. The number of halogens is 1. The van der Waals surface area contributed by atoms with Crippen LogP contribution in [0.25, 0.3) is 0 Å². The Bertz CT molecular complexity index is 557. The Hall–Kier alpha value is -1.66. The molecule has 2 N–H and O–H groups in total. The number of ether oxygens (including phenoxy) is 1. The fraction of sp³-hybridized carbons (Fsp3) is 0.682. The van der Waals surface area contributed by atoms with Crippen LogP contribution in [0.15, 0.2) is 18.2 Å². The molecule has 0 aromatic heterocycles. The highest BCUT2D eigenvalue weighted by molar-refractivity contribution is 5.75. The average Bonchev–Trinajstić information content (AvgIpc) is 2.71. The van der Waals surface area contributed by atoms with Crippen molar-refractivity contribution >= 4 is 5.91 Å². The van der Waals surface area contributed by atoms with Crippen LogP contribution < -0.4 is 10.5 Å². The summed E-state index contributed by atoms with van der Waals surface area (Å²) in [5, 5.41) is 0. The van der Waals surface area contributed by atoms with Crippen molar-refractivity contribution in [3.8, 4) is 5.75 Å². The fourth-order valence-electron chi connectivity index (χ4n) is 3.19. The number of rotatable bonds is 4. The van der Waals surface area contributed by atoms with Crippen LogP contribution in [0.3, 0.4) is 0 Å². The van der Waals surface area contributed by atoms with E-state index in [1.54, 1.807) is 6.92 Å². The Morgan fingerprint density at radius 1 is 1.07 bits per heavy atom. The molecule has 5 nitrogen and oxygen atoms in total. The van der Waals surface area contributed by atoms with Gasteiger partial charge in [0.25, 0.3) is 5.91 Å². The van der Waals surface area contributed by atoms with Gasteiger partial charge in [0.05, 0.1) is 0 Å². The maximum Gasteiger partial charge on any atom is 0.255 e. The van der Waals surface area contributed by atoms with Gasteiger partial charge in [0.15, 0.2) is 6.61 Å². The minimum Gasteiger partial charge on any atom is -0.484 e. The molecule has 0 saturated carbocycles. The lowest BCUT2D eigenvalue weighted by molar-refractivity contribution is -0.119. The Balaban J connectivity index is 0.000000224. The number of piperidine rings is 2. The lowest BCUT2D eigenvalue weighted by Gasteiger charge is -2.24.